The maximum atomic E-state index is 12.0. The van der Waals surface area contributed by atoms with Crippen LogP contribution in [0, 0.1) is 0 Å². The van der Waals surface area contributed by atoms with Gasteiger partial charge in [0.05, 0.1) is 11.4 Å². The van der Waals surface area contributed by atoms with Gasteiger partial charge >= 0.3 is 0 Å². The fraction of sp³-hybridized carbons (Fsp3) is 0.188. The molecule has 0 aliphatic rings. The molecule has 0 aromatic heterocycles. The number of hydrogen-bond donors (Lipinski definition) is 1. The molecule has 0 aliphatic carbocycles. The van der Waals surface area contributed by atoms with Crippen molar-refractivity contribution in [2.75, 3.05) is 17.3 Å². The Labute approximate surface area is 149 Å². The van der Waals surface area contributed by atoms with Crippen LogP contribution in [0.5, 0.6) is 0 Å². The monoisotopic (exact) mass is 371 g/mol. The summed E-state index contributed by atoms with van der Waals surface area (Å²) in [5, 5.41) is 4.19. The number of benzene rings is 2. The summed E-state index contributed by atoms with van der Waals surface area (Å²) in [4.78, 5) is 13.1. The second-order valence-electron chi connectivity index (χ2n) is 4.48. The van der Waals surface area contributed by atoms with Crippen molar-refractivity contribution in [2.45, 2.75) is 10.6 Å². The summed E-state index contributed by atoms with van der Waals surface area (Å²) < 4.78 is 0. The molecule has 1 amide bonds. The predicted octanol–water partition coefficient (Wildman–Crippen LogP) is 5.59. The Morgan fingerprint density at radius 1 is 1.18 bits per heavy atom. The molecular weight excluding hydrogens is 357 g/mol. The molecule has 0 fully saturated rings. The molecule has 22 heavy (non-hydrogen) atoms. The van der Waals surface area contributed by atoms with Crippen LogP contribution in [0.3, 0.4) is 0 Å². The zero-order chi connectivity index (χ0) is 15.9. The molecule has 2 aromatic rings. The average Bonchev–Trinajstić information content (AvgIpc) is 2.50. The number of anilines is 1. The SMILES string of the molecule is CSc1ccccc1NC(=O)CSCc1ccc(Cl)cc1Cl. The van der Waals surface area contributed by atoms with Gasteiger partial charge in [-0.2, -0.15) is 0 Å². The van der Waals surface area contributed by atoms with Crippen molar-refractivity contribution in [1.29, 1.82) is 0 Å². The summed E-state index contributed by atoms with van der Waals surface area (Å²) in [6, 6.07) is 13.2. The molecule has 6 heteroatoms. The number of amides is 1. The first-order valence-electron chi connectivity index (χ1n) is 6.54. The van der Waals surface area contributed by atoms with E-state index in [9.17, 15) is 4.79 Å². The van der Waals surface area contributed by atoms with Crippen LogP contribution in [0.1, 0.15) is 5.56 Å². The average molecular weight is 372 g/mol. The van der Waals surface area contributed by atoms with Crippen molar-refractivity contribution >= 4 is 58.3 Å². The van der Waals surface area contributed by atoms with Gasteiger partial charge in [-0.25, -0.2) is 0 Å². The highest BCUT2D eigenvalue weighted by atomic mass is 35.5. The second-order valence-corrected chi connectivity index (χ2v) is 7.15. The van der Waals surface area contributed by atoms with E-state index in [1.54, 1.807) is 23.9 Å². The molecule has 2 nitrogen and oxygen atoms in total. The number of nitrogens with one attached hydrogen (secondary N) is 1. The van der Waals surface area contributed by atoms with Crippen molar-refractivity contribution in [2.24, 2.45) is 0 Å². The highest BCUT2D eigenvalue weighted by Gasteiger charge is 2.07. The standard InChI is InChI=1S/C16H15Cl2NOS2/c1-21-15-5-3-2-4-14(15)19-16(20)10-22-9-11-6-7-12(17)8-13(11)18/h2-8H,9-10H2,1H3,(H,19,20). The number of carbonyl (C=O) groups is 1. The summed E-state index contributed by atoms with van der Waals surface area (Å²) >= 11 is 15.1. The van der Waals surface area contributed by atoms with E-state index in [-0.39, 0.29) is 5.91 Å². The summed E-state index contributed by atoms with van der Waals surface area (Å²) in [7, 11) is 0. The third-order valence-electron chi connectivity index (χ3n) is 2.89. The van der Waals surface area contributed by atoms with Gasteiger partial charge < -0.3 is 5.32 Å². The Hall–Kier alpha value is -0.810. The summed E-state index contributed by atoms with van der Waals surface area (Å²) in [5.41, 5.74) is 1.83. The van der Waals surface area contributed by atoms with E-state index in [0.717, 1.165) is 16.1 Å². The zero-order valence-corrected chi connectivity index (χ0v) is 15.1. The number of halogens is 2. The van der Waals surface area contributed by atoms with Crippen molar-refractivity contribution in [1.82, 2.24) is 0 Å². The molecule has 2 rings (SSSR count). The van der Waals surface area contributed by atoms with Crippen LogP contribution >= 0.6 is 46.7 Å². The van der Waals surface area contributed by atoms with E-state index in [1.165, 1.54) is 11.8 Å². The number of rotatable bonds is 6. The van der Waals surface area contributed by atoms with E-state index in [4.69, 9.17) is 23.2 Å². The minimum atomic E-state index is -0.0171. The van der Waals surface area contributed by atoms with E-state index in [1.807, 2.05) is 36.6 Å². The Bertz CT molecular complexity index is 664. The minimum Gasteiger partial charge on any atom is -0.324 e. The number of thioether (sulfide) groups is 2. The van der Waals surface area contributed by atoms with Crippen LogP contribution in [-0.2, 0) is 10.5 Å². The normalized spacial score (nSPS) is 10.5. The van der Waals surface area contributed by atoms with E-state index >= 15 is 0 Å². The van der Waals surface area contributed by atoms with Gasteiger partial charge in [-0.1, -0.05) is 41.4 Å². The van der Waals surface area contributed by atoms with Crippen LogP contribution in [0.25, 0.3) is 0 Å². The van der Waals surface area contributed by atoms with E-state index in [2.05, 4.69) is 5.32 Å². The first-order chi connectivity index (χ1) is 10.6. The van der Waals surface area contributed by atoms with Gasteiger partial charge in [0.15, 0.2) is 0 Å². The topological polar surface area (TPSA) is 29.1 Å². The van der Waals surface area contributed by atoms with Gasteiger partial charge in [-0.05, 0) is 36.1 Å². The van der Waals surface area contributed by atoms with Crippen LogP contribution in [-0.4, -0.2) is 17.9 Å². The third kappa shape index (κ3) is 5.13. The Morgan fingerprint density at radius 2 is 1.95 bits per heavy atom. The molecular formula is C16H15Cl2NOS2. The molecule has 0 atom stereocenters. The first kappa shape index (κ1) is 17.5. The van der Waals surface area contributed by atoms with Crippen LogP contribution in [0.2, 0.25) is 10.0 Å². The fourth-order valence-electron chi connectivity index (χ4n) is 1.83. The molecule has 0 radical (unpaired) electrons. The lowest BCUT2D eigenvalue weighted by molar-refractivity contribution is -0.113. The fourth-order valence-corrected chi connectivity index (χ4v) is 3.77. The summed E-state index contributed by atoms with van der Waals surface area (Å²) in [6.45, 7) is 0. The van der Waals surface area contributed by atoms with Gasteiger partial charge in [0.2, 0.25) is 5.91 Å². The highest BCUT2D eigenvalue weighted by molar-refractivity contribution is 7.99. The van der Waals surface area contributed by atoms with Crippen molar-refractivity contribution < 1.29 is 4.79 Å². The molecule has 0 bridgehead atoms. The van der Waals surface area contributed by atoms with Gasteiger partial charge in [-0.3, -0.25) is 4.79 Å². The number of para-hydroxylation sites is 1. The van der Waals surface area contributed by atoms with Gasteiger partial charge in [0.1, 0.15) is 0 Å². The molecule has 116 valence electrons. The molecule has 0 spiro atoms. The van der Waals surface area contributed by atoms with Crippen LogP contribution < -0.4 is 5.32 Å². The zero-order valence-electron chi connectivity index (χ0n) is 11.9. The van der Waals surface area contributed by atoms with Gasteiger partial charge in [0.25, 0.3) is 0 Å². The van der Waals surface area contributed by atoms with Gasteiger partial charge in [-0.15, -0.1) is 23.5 Å². The lowest BCUT2D eigenvalue weighted by Crippen LogP contribution is -2.14. The van der Waals surface area contributed by atoms with Gasteiger partial charge in [0, 0.05) is 20.7 Å². The highest BCUT2D eigenvalue weighted by Crippen LogP contribution is 2.26. The largest absolute Gasteiger partial charge is 0.324 e. The summed E-state index contributed by atoms with van der Waals surface area (Å²) in [5.74, 6) is 1.03. The molecule has 2 aromatic carbocycles. The quantitative estimate of drug-likeness (QED) is 0.671. The Balaban J connectivity index is 1.85. The molecule has 1 N–H and O–H groups in total. The first-order valence-corrected chi connectivity index (χ1v) is 9.68. The van der Waals surface area contributed by atoms with E-state index < -0.39 is 0 Å². The summed E-state index contributed by atoms with van der Waals surface area (Å²) in [6.07, 6.45) is 1.99. The van der Waals surface area contributed by atoms with Crippen LogP contribution in [0.15, 0.2) is 47.4 Å². The van der Waals surface area contributed by atoms with Crippen molar-refractivity contribution in [3.63, 3.8) is 0 Å². The smallest absolute Gasteiger partial charge is 0.234 e. The molecule has 0 unspecified atom stereocenters. The van der Waals surface area contributed by atoms with Crippen molar-refractivity contribution in [3.05, 3.63) is 58.1 Å². The lowest BCUT2D eigenvalue weighted by Gasteiger charge is -2.09. The maximum Gasteiger partial charge on any atom is 0.234 e. The van der Waals surface area contributed by atoms with Crippen LogP contribution in [0.4, 0.5) is 5.69 Å². The number of hydrogen-bond acceptors (Lipinski definition) is 3. The maximum absolute atomic E-state index is 12.0. The second kappa shape index (κ2) is 8.73. The Morgan fingerprint density at radius 3 is 2.68 bits per heavy atom. The molecule has 0 aliphatic heterocycles. The molecule has 0 saturated heterocycles. The lowest BCUT2D eigenvalue weighted by atomic mass is 10.2. The third-order valence-corrected chi connectivity index (χ3v) is 5.25. The molecule has 0 heterocycles. The Kier molecular flexibility index (Phi) is 6.96. The van der Waals surface area contributed by atoms with Crippen molar-refractivity contribution in [3.8, 4) is 0 Å². The molecule has 0 saturated carbocycles. The van der Waals surface area contributed by atoms with E-state index in [0.29, 0.717) is 21.6 Å². The minimum absolute atomic E-state index is 0.0171. The number of carbonyl (C=O) groups excluding carboxylic acids is 1. The predicted molar refractivity (Wildman–Crippen MR) is 99.5 cm³/mol.